The summed E-state index contributed by atoms with van der Waals surface area (Å²) in [6, 6.07) is -14.5. The number of amides is 11. The predicted molar refractivity (Wildman–Crippen MR) is 418 cm³/mol. The van der Waals surface area contributed by atoms with Crippen molar-refractivity contribution in [1.29, 1.82) is 0 Å². The Morgan fingerprint density at radius 3 is 0.606 bits per heavy atom. The van der Waals surface area contributed by atoms with Crippen LogP contribution in [-0.4, -0.2) is 251 Å². The molecule has 0 aliphatic carbocycles. The fourth-order valence-electron chi connectivity index (χ4n) is 10.0. The summed E-state index contributed by atoms with van der Waals surface area (Å²) < 4.78 is 0. The number of thiol groups is 1. The molecule has 0 aliphatic heterocycles. The first-order valence-electron chi connectivity index (χ1n) is 35.3. The van der Waals surface area contributed by atoms with Crippen molar-refractivity contribution in [3.05, 3.63) is 0 Å². The minimum atomic E-state index is -1.60. The lowest BCUT2D eigenvalue weighted by atomic mass is 10.0. The normalized spacial score (nSPS) is 13.4. The smallest absolute Gasteiger partial charge is 0.244 e. The summed E-state index contributed by atoms with van der Waals surface area (Å²) in [5, 5.41) is 28.9. The third-order valence-electron chi connectivity index (χ3n) is 15.4. The lowest BCUT2D eigenvalue weighted by Crippen LogP contribution is -2.60. The molecule has 0 heterocycles. The minimum Gasteiger partial charge on any atom is -0.370 e. The molecule has 0 rings (SSSR count). The fraction of sp³-hybridized carbons (Fsp3) is 0.683. The zero-order chi connectivity index (χ0) is 82.4. The molecule has 49 heteroatoms. The first-order valence-corrected chi connectivity index (χ1v) is 35.9. The van der Waals surface area contributed by atoms with Gasteiger partial charge in [-0.25, -0.2) is 0 Å². The monoisotopic (exact) mass is 1570 g/mol. The van der Waals surface area contributed by atoms with Crippen molar-refractivity contribution in [1.82, 2.24) is 58.5 Å². The number of nitrogens with zero attached hydrogens (tertiary/aromatic N) is 8. The molecule has 0 saturated heterocycles. The van der Waals surface area contributed by atoms with Gasteiger partial charge in [0, 0.05) is 58.1 Å². The Bertz CT molecular complexity index is 3100. The van der Waals surface area contributed by atoms with Crippen molar-refractivity contribution in [3.63, 3.8) is 0 Å². The van der Waals surface area contributed by atoms with E-state index in [0.717, 1.165) is 0 Å². The van der Waals surface area contributed by atoms with E-state index in [9.17, 15) is 52.7 Å². The van der Waals surface area contributed by atoms with Crippen LogP contribution < -0.4 is 162 Å². The van der Waals surface area contributed by atoms with Gasteiger partial charge in [0.1, 0.15) is 60.4 Å². The van der Waals surface area contributed by atoms with Gasteiger partial charge >= 0.3 is 0 Å². The number of nitrogens with one attached hydrogen (secondary N) is 11. The van der Waals surface area contributed by atoms with Crippen molar-refractivity contribution in [2.24, 2.45) is 143 Å². The molecule has 0 aromatic carbocycles. The molecule has 47 N–H and O–H groups in total. The standard InChI is InChI=1S/C60H121N37O11S/c1-79-30-42(98)88-33(13-4-22-80-53(63)64)44(100)90-34(14-5-23-81-54(65)66)45(101)91-35(15-6-24-82-55(67)68)46(102)92-36(16-7-25-83-56(69)70)47(103)93-37(17-8-26-84-57(71)72)48(104)94-38(18-9-27-85-58(73)74)49(105)95-39(19-10-28-86-59(75)76)50(106)96-40(20-11-29-87-60(77)78)51(107)97-41(31-109)52(108)89-32(43(62)99)12-2-3-21-61/h32-41,79,109H,2-31,61H2,1H3,(H2,62,99)(H,88,98)(H,89,108)(H,90,100)(H,91,101)(H,92,102)(H,93,103)(H,94,104)(H,95,105)(H,96,106)(H,97,107)(H4,63,64,80)(H4,65,66,81)(H4,67,68,82)(H4,69,70,83)(H4,71,72,84)(H4,73,74,85)(H4,75,76,86)(H4,77,78,87)/t32-,33-,34-,35-,36-,37-,38-,39-,40-,41-/m1/s1. The van der Waals surface area contributed by atoms with Crippen molar-refractivity contribution in [3.8, 4) is 0 Å². The van der Waals surface area contributed by atoms with E-state index in [1.807, 2.05) is 0 Å². The molecule has 0 bridgehead atoms. The zero-order valence-corrected chi connectivity index (χ0v) is 62.8. The minimum absolute atomic E-state index is 0.00110. The molecule has 0 unspecified atom stereocenters. The first kappa shape index (κ1) is 97.6. The molecule has 11 amide bonds. The van der Waals surface area contributed by atoms with Crippen LogP contribution in [0.5, 0.6) is 0 Å². The van der Waals surface area contributed by atoms with E-state index >= 15 is 0 Å². The highest BCUT2D eigenvalue weighted by Crippen LogP contribution is 2.13. The van der Waals surface area contributed by atoms with E-state index in [2.05, 4.69) is 111 Å². The maximum Gasteiger partial charge on any atom is 0.244 e. The number of carbonyl (C=O) groups excluding carboxylic acids is 11. The molecule has 0 aromatic heterocycles. The van der Waals surface area contributed by atoms with E-state index in [1.54, 1.807) is 0 Å². The first-order chi connectivity index (χ1) is 51.5. The van der Waals surface area contributed by atoms with Crippen LogP contribution in [0, 0.1) is 0 Å². The van der Waals surface area contributed by atoms with E-state index in [1.165, 1.54) is 7.05 Å². The number of aliphatic imine (C=N–C) groups is 8. The summed E-state index contributed by atoms with van der Waals surface area (Å²) >= 11 is 4.25. The molecule has 109 heavy (non-hydrogen) atoms. The maximum atomic E-state index is 14.9. The summed E-state index contributed by atoms with van der Waals surface area (Å²) in [6.45, 7) is -0.221. The van der Waals surface area contributed by atoms with Crippen molar-refractivity contribution < 1.29 is 52.7 Å². The fourth-order valence-corrected chi connectivity index (χ4v) is 10.3. The number of primary amides is 1. The second-order valence-electron chi connectivity index (χ2n) is 24.7. The summed E-state index contributed by atoms with van der Waals surface area (Å²) in [4.78, 5) is 188. The Morgan fingerprint density at radius 2 is 0.431 bits per heavy atom. The van der Waals surface area contributed by atoms with E-state index < -0.39 is 125 Å². The molecule has 0 radical (unpaired) electrons. The van der Waals surface area contributed by atoms with Crippen LogP contribution in [0.3, 0.4) is 0 Å². The maximum absolute atomic E-state index is 14.9. The van der Waals surface area contributed by atoms with Gasteiger partial charge in [0.05, 0.1) is 6.54 Å². The molecular weight excluding hydrogens is 1450 g/mol. The van der Waals surface area contributed by atoms with Crippen LogP contribution in [0.1, 0.15) is 122 Å². The Kier molecular flexibility index (Phi) is 50.9. The highest BCUT2D eigenvalue weighted by molar-refractivity contribution is 7.80. The van der Waals surface area contributed by atoms with Crippen LogP contribution in [0.25, 0.3) is 0 Å². The molecule has 0 aliphatic rings. The number of carbonyl (C=O) groups is 11. The topological polar surface area (TPSA) is 887 Å². The van der Waals surface area contributed by atoms with E-state index in [-0.39, 0.29) is 221 Å². The SMILES string of the molecule is CNCC(=O)N[C@H](CCCN=C(N)N)C(=O)N[C@H](CCCN=C(N)N)C(=O)N[C@H](CCCN=C(N)N)C(=O)N[C@H](CCCN=C(N)N)C(=O)N[C@H](CCCN=C(N)N)C(=O)N[C@H](CCCN=C(N)N)C(=O)N[C@H](CCCN=C(N)N)C(=O)N[C@H](CCCN=C(N)N)C(=O)N[C@H](CS)C(=O)N[C@H](CCCCN)C(N)=O. The largest absolute Gasteiger partial charge is 0.370 e. The van der Waals surface area contributed by atoms with Crippen LogP contribution in [-0.2, 0) is 52.7 Å². The second kappa shape index (κ2) is 56.9. The van der Waals surface area contributed by atoms with Crippen LogP contribution in [0.2, 0.25) is 0 Å². The van der Waals surface area contributed by atoms with Crippen LogP contribution >= 0.6 is 12.6 Å². The lowest BCUT2D eigenvalue weighted by Gasteiger charge is -2.28. The third-order valence-corrected chi connectivity index (χ3v) is 15.8. The number of guanidine groups is 8. The molecule has 0 fully saturated rings. The third kappa shape index (κ3) is 47.7. The number of rotatable bonds is 59. The molecule has 618 valence electrons. The van der Waals surface area contributed by atoms with Gasteiger partial charge in [-0.1, -0.05) is 0 Å². The molecule has 0 aromatic rings. The molecule has 48 nitrogen and oxygen atoms in total. The highest BCUT2D eigenvalue weighted by Gasteiger charge is 2.36. The quantitative estimate of drug-likeness (QED) is 0.0116. The van der Waals surface area contributed by atoms with Crippen molar-refractivity contribution in [2.45, 2.75) is 182 Å². The van der Waals surface area contributed by atoms with Gasteiger partial charge in [0.2, 0.25) is 65.0 Å². The number of hydrogen-bond donors (Lipinski definition) is 30. The van der Waals surface area contributed by atoms with Gasteiger partial charge in [-0.3, -0.25) is 92.7 Å². The lowest BCUT2D eigenvalue weighted by molar-refractivity contribution is -0.136. The van der Waals surface area contributed by atoms with Gasteiger partial charge < -0.3 is 162 Å². The van der Waals surface area contributed by atoms with Gasteiger partial charge in [-0.15, -0.1) is 0 Å². The average Bonchev–Trinajstić information content (AvgIpc) is 0.861. The average molecular weight is 1570 g/mol. The Morgan fingerprint density at radius 1 is 0.257 bits per heavy atom. The molecule has 0 spiro atoms. The van der Waals surface area contributed by atoms with Gasteiger partial charge in [0.15, 0.2) is 47.7 Å². The predicted octanol–water partition coefficient (Wildman–Crippen LogP) is -14.0. The molecule has 10 atom stereocenters. The summed E-state index contributed by atoms with van der Waals surface area (Å²) in [6.07, 6.45) is 0.0950. The number of likely N-dealkylation sites (N-methyl/N-ethyl adjacent to an activating group) is 1. The van der Waals surface area contributed by atoms with Crippen molar-refractivity contribution in [2.75, 3.05) is 78.2 Å². The Labute approximate surface area is 638 Å². The van der Waals surface area contributed by atoms with E-state index in [4.69, 9.17) is 103 Å². The number of nitrogens with two attached hydrogens (primary N) is 18. The summed E-state index contributed by atoms with van der Waals surface area (Å²) in [7, 11) is 1.51. The highest BCUT2D eigenvalue weighted by atomic mass is 32.1. The Hall–Kier alpha value is -11.4. The molecule has 0 saturated carbocycles. The Balaban J connectivity index is 7.96. The summed E-state index contributed by atoms with van der Waals surface area (Å²) in [5.41, 5.74) is 101. The number of unbranched alkanes of at least 4 members (excludes halogenated alkanes) is 1. The van der Waals surface area contributed by atoms with Crippen LogP contribution in [0.4, 0.5) is 0 Å². The van der Waals surface area contributed by atoms with Gasteiger partial charge in [-0.05, 0) is 136 Å². The van der Waals surface area contributed by atoms with Gasteiger partial charge in [0.25, 0.3) is 0 Å². The van der Waals surface area contributed by atoms with E-state index in [0.29, 0.717) is 19.4 Å². The zero-order valence-electron chi connectivity index (χ0n) is 61.9. The summed E-state index contributed by atoms with van der Waals surface area (Å²) in [5.74, 6) is -12.4. The van der Waals surface area contributed by atoms with Gasteiger partial charge in [-0.2, -0.15) is 12.6 Å². The van der Waals surface area contributed by atoms with Crippen molar-refractivity contribution >= 4 is 125 Å². The molecular formula is C60H121N37O11S. The second-order valence-corrected chi connectivity index (χ2v) is 25.0. The number of hydrogen-bond acceptors (Lipinski definition) is 22. The van der Waals surface area contributed by atoms with Crippen LogP contribution in [0.15, 0.2) is 39.9 Å².